The summed E-state index contributed by atoms with van der Waals surface area (Å²) in [7, 11) is 0. The van der Waals surface area contributed by atoms with E-state index in [1.807, 2.05) is 0 Å². The second kappa shape index (κ2) is 43.4. The lowest BCUT2D eigenvalue weighted by atomic mass is 9.98. The van der Waals surface area contributed by atoms with Crippen molar-refractivity contribution in [3.8, 4) is 0 Å². The maximum atomic E-state index is 13.0. The average molecular weight is 997 g/mol. The lowest BCUT2D eigenvalue weighted by Gasteiger charge is -2.42. The molecule has 2 heterocycles. The summed E-state index contributed by atoms with van der Waals surface area (Å²) in [6, 6.07) is 0. The zero-order valence-corrected chi connectivity index (χ0v) is 43.5. The van der Waals surface area contributed by atoms with Gasteiger partial charge in [0.1, 0.15) is 54.9 Å². The fraction of sp³-hybridized carbons (Fsp3) is 0.839. The summed E-state index contributed by atoms with van der Waals surface area (Å²) in [6.07, 6.45) is 34.6. The van der Waals surface area contributed by atoms with Gasteiger partial charge in [0.15, 0.2) is 12.6 Å². The largest absolute Gasteiger partial charge is 0.457 e. The highest BCUT2D eigenvalue weighted by Gasteiger charge is 2.47. The molecular formula is C56H100O14. The zero-order valence-electron chi connectivity index (χ0n) is 43.5. The highest BCUT2D eigenvalue weighted by atomic mass is 16.7. The molecule has 0 radical (unpaired) electrons. The first-order valence-electron chi connectivity index (χ1n) is 27.7. The van der Waals surface area contributed by atoms with E-state index in [0.29, 0.717) is 13.0 Å². The Morgan fingerprint density at radius 3 is 1.41 bits per heavy atom. The molecule has 70 heavy (non-hydrogen) atoms. The first kappa shape index (κ1) is 64.1. The lowest BCUT2D eigenvalue weighted by Crippen LogP contribution is -2.61. The fourth-order valence-corrected chi connectivity index (χ4v) is 8.51. The number of aliphatic hydroxyl groups excluding tert-OH is 7. The average Bonchev–Trinajstić information content (AvgIpc) is 3.36. The van der Waals surface area contributed by atoms with Crippen molar-refractivity contribution in [2.45, 2.75) is 268 Å². The van der Waals surface area contributed by atoms with E-state index in [2.05, 4.69) is 62.5 Å². The molecule has 2 fully saturated rings. The summed E-state index contributed by atoms with van der Waals surface area (Å²) >= 11 is 0. The standard InChI is InChI=1S/C56H100O14/c1-3-5-7-9-11-13-15-17-19-20-21-22-23-24-25-26-28-30-32-34-36-38-40-65-42-45(68-48(58)39-37-35-33-31-29-27-18-16-14-12-10-8-6-4-2)43-66-55-54(64)52(62)50(60)47(70-55)44-67-56-53(63)51(61)49(59)46(41-57)69-56/h10,12,15-18,20-21,45-47,49-57,59-64H,3-9,11,13-14,19,22-44H2,1-2H3/b12-10-,17-15-,18-16-,21-20-. The molecule has 11 unspecified atom stereocenters. The Bertz CT molecular complexity index is 1340. The Labute approximate surface area is 422 Å². The number of rotatable bonds is 44. The Hall–Kier alpha value is -2.05. The molecule has 7 N–H and O–H groups in total. The number of carbonyl (C=O) groups excluding carboxylic acids is 1. The summed E-state index contributed by atoms with van der Waals surface area (Å²) < 4.78 is 34.3. The number of ether oxygens (including phenoxy) is 6. The van der Waals surface area contributed by atoms with Crippen LogP contribution in [0.2, 0.25) is 0 Å². The van der Waals surface area contributed by atoms with Gasteiger partial charge < -0.3 is 64.2 Å². The highest BCUT2D eigenvalue weighted by molar-refractivity contribution is 5.69. The third-order valence-corrected chi connectivity index (χ3v) is 13.1. The van der Waals surface area contributed by atoms with Gasteiger partial charge in [0.2, 0.25) is 0 Å². The molecule has 2 aliphatic heterocycles. The first-order chi connectivity index (χ1) is 34.1. The van der Waals surface area contributed by atoms with Crippen molar-refractivity contribution in [3.05, 3.63) is 48.6 Å². The molecule has 2 rings (SSSR count). The van der Waals surface area contributed by atoms with E-state index in [0.717, 1.165) is 70.6 Å². The van der Waals surface area contributed by atoms with Gasteiger partial charge in [0.25, 0.3) is 0 Å². The van der Waals surface area contributed by atoms with Crippen molar-refractivity contribution >= 4 is 5.97 Å². The molecule has 11 atom stereocenters. The molecule has 0 saturated carbocycles. The number of hydrogen-bond acceptors (Lipinski definition) is 14. The maximum Gasteiger partial charge on any atom is 0.306 e. The van der Waals surface area contributed by atoms with E-state index in [1.54, 1.807) is 0 Å². The third kappa shape index (κ3) is 30.2. The molecule has 0 aliphatic carbocycles. The molecule has 14 heteroatoms. The summed E-state index contributed by atoms with van der Waals surface area (Å²) in [5, 5.41) is 72.2. The minimum absolute atomic E-state index is 0.0531. The number of allylic oxidation sites excluding steroid dienone is 8. The Kier molecular flexibility index (Phi) is 39.7. The molecule has 0 amide bonds. The minimum Gasteiger partial charge on any atom is -0.457 e. The van der Waals surface area contributed by atoms with E-state index in [1.165, 1.54) is 103 Å². The Morgan fingerprint density at radius 1 is 0.471 bits per heavy atom. The molecule has 0 aromatic rings. The van der Waals surface area contributed by atoms with E-state index in [4.69, 9.17) is 28.4 Å². The summed E-state index contributed by atoms with van der Waals surface area (Å²) in [4.78, 5) is 13.0. The van der Waals surface area contributed by atoms with Gasteiger partial charge in [0, 0.05) is 13.0 Å². The summed E-state index contributed by atoms with van der Waals surface area (Å²) in [6.45, 7) is 3.62. The molecule has 14 nitrogen and oxygen atoms in total. The molecule has 0 bridgehead atoms. The van der Waals surface area contributed by atoms with E-state index in [-0.39, 0.29) is 19.6 Å². The molecule has 408 valence electrons. The van der Waals surface area contributed by atoms with Crippen LogP contribution in [0.25, 0.3) is 0 Å². The van der Waals surface area contributed by atoms with Crippen LogP contribution in [0.15, 0.2) is 48.6 Å². The van der Waals surface area contributed by atoms with E-state index < -0.39 is 86.7 Å². The van der Waals surface area contributed by atoms with Gasteiger partial charge in [-0.1, -0.05) is 172 Å². The summed E-state index contributed by atoms with van der Waals surface area (Å²) in [5.41, 5.74) is 0. The fourth-order valence-electron chi connectivity index (χ4n) is 8.51. The minimum atomic E-state index is -1.71. The normalized spacial score (nSPS) is 25.8. The smallest absolute Gasteiger partial charge is 0.306 e. The van der Waals surface area contributed by atoms with Crippen LogP contribution < -0.4 is 0 Å². The predicted octanol–water partition coefficient (Wildman–Crippen LogP) is 9.13. The molecule has 2 aliphatic rings. The van der Waals surface area contributed by atoms with Gasteiger partial charge in [-0.05, 0) is 70.6 Å². The predicted molar refractivity (Wildman–Crippen MR) is 275 cm³/mol. The number of hydrogen-bond donors (Lipinski definition) is 7. The van der Waals surface area contributed by atoms with Crippen molar-refractivity contribution in [2.24, 2.45) is 0 Å². The van der Waals surface area contributed by atoms with Crippen molar-refractivity contribution in [1.29, 1.82) is 0 Å². The van der Waals surface area contributed by atoms with Crippen molar-refractivity contribution in [2.75, 3.05) is 33.0 Å². The third-order valence-electron chi connectivity index (χ3n) is 13.1. The van der Waals surface area contributed by atoms with E-state index >= 15 is 0 Å². The van der Waals surface area contributed by atoms with Crippen molar-refractivity contribution in [3.63, 3.8) is 0 Å². The van der Waals surface area contributed by atoms with Gasteiger partial charge in [-0.3, -0.25) is 4.79 Å². The first-order valence-corrected chi connectivity index (χ1v) is 27.7. The number of aliphatic hydroxyl groups is 7. The Morgan fingerprint density at radius 2 is 0.900 bits per heavy atom. The number of unbranched alkanes of at least 4 members (excludes halogenated alkanes) is 22. The molecule has 2 saturated heterocycles. The van der Waals surface area contributed by atoms with Gasteiger partial charge in [0.05, 0.1) is 26.4 Å². The Balaban J connectivity index is 1.72. The maximum absolute atomic E-state index is 13.0. The zero-order chi connectivity index (χ0) is 50.9. The summed E-state index contributed by atoms with van der Waals surface area (Å²) in [5.74, 6) is -0.391. The quantitative estimate of drug-likeness (QED) is 0.0172. The molecule has 0 aromatic heterocycles. The van der Waals surface area contributed by atoms with Crippen molar-refractivity contribution < 1.29 is 69.0 Å². The van der Waals surface area contributed by atoms with Crippen LogP contribution in [0.3, 0.4) is 0 Å². The second-order valence-electron chi connectivity index (χ2n) is 19.4. The van der Waals surface area contributed by atoms with Crippen LogP contribution in [0.5, 0.6) is 0 Å². The molecule has 0 aromatic carbocycles. The van der Waals surface area contributed by atoms with Crippen LogP contribution in [-0.2, 0) is 33.2 Å². The van der Waals surface area contributed by atoms with E-state index in [9.17, 15) is 40.5 Å². The van der Waals surface area contributed by atoms with Crippen LogP contribution >= 0.6 is 0 Å². The second-order valence-corrected chi connectivity index (χ2v) is 19.4. The van der Waals surface area contributed by atoms with Gasteiger partial charge in [-0.25, -0.2) is 0 Å². The van der Waals surface area contributed by atoms with Crippen LogP contribution in [-0.4, -0.2) is 142 Å². The molecule has 0 spiro atoms. The molecular weight excluding hydrogens is 897 g/mol. The van der Waals surface area contributed by atoms with Gasteiger partial charge >= 0.3 is 5.97 Å². The number of carbonyl (C=O) groups is 1. The lowest BCUT2D eigenvalue weighted by molar-refractivity contribution is -0.332. The highest BCUT2D eigenvalue weighted by Crippen LogP contribution is 2.26. The monoisotopic (exact) mass is 997 g/mol. The van der Waals surface area contributed by atoms with Crippen LogP contribution in [0.4, 0.5) is 0 Å². The SMILES string of the molecule is CCCC/C=C\C/C=C\CCCCCCCC(=O)OC(COCCCCCCCCCCCC/C=C\C/C=C\CCCCCCC)COC1OC(COC2OC(CO)C(O)C(O)C2O)C(O)C(O)C1O. The van der Waals surface area contributed by atoms with Crippen LogP contribution in [0, 0.1) is 0 Å². The number of esters is 1. The van der Waals surface area contributed by atoms with Gasteiger partial charge in [-0.2, -0.15) is 0 Å². The topological polar surface area (TPSA) is 214 Å². The van der Waals surface area contributed by atoms with Crippen LogP contribution in [0.1, 0.15) is 200 Å². The van der Waals surface area contributed by atoms with Crippen molar-refractivity contribution in [1.82, 2.24) is 0 Å². The van der Waals surface area contributed by atoms with Gasteiger partial charge in [-0.15, -0.1) is 0 Å².